The molecule has 0 saturated heterocycles. The van der Waals surface area contributed by atoms with Crippen molar-refractivity contribution in [3.8, 4) is 0 Å². The summed E-state index contributed by atoms with van der Waals surface area (Å²) in [4.78, 5) is 11.0. The molecule has 0 fully saturated rings. The van der Waals surface area contributed by atoms with Gasteiger partial charge < -0.3 is 9.09 Å². The highest BCUT2D eigenvalue weighted by molar-refractivity contribution is 6.31. The van der Waals surface area contributed by atoms with Gasteiger partial charge in [-0.2, -0.15) is 0 Å². The fourth-order valence-corrected chi connectivity index (χ4v) is 2.19. The Kier molecular flexibility index (Phi) is 2.64. The highest BCUT2D eigenvalue weighted by atomic mass is 35.5. The van der Waals surface area contributed by atoms with E-state index in [0.717, 1.165) is 22.8 Å². The number of fused-ring (bicyclic) bond motifs is 1. The van der Waals surface area contributed by atoms with E-state index >= 15 is 0 Å². The van der Waals surface area contributed by atoms with E-state index in [9.17, 15) is 4.79 Å². The lowest BCUT2D eigenvalue weighted by molar-refractivity contribution is 0.112. The van der Waals surface area contributed by atoms with Crippen molar-refractivity contribution in [2.45, 2.75) is 6.54 Å². The lowest BCUT2D eigenvalue weighted by Crippen LogP contribution is -1.96. The van der Waals surface area contributed by atoms with Crippen LogP contribution < -0.4 is 0 Å². The maximum atomic E-state index is 11.0. The van der Waals surface area contributed by atoms with Crippen molar-refractivity contribution < 1.29 is 9.32 Å². The molecule has 0 aliphatic rings. The van der Waals surface area contributed by atoms with Crippen LogP contribution in [0, 0.1) is 0 Å². The average Bonchev–Trinajstić information content (AvgIpc) is 2.98. The smallest absolute Gasteiger partial charge is 0.152 e. The van der Waals surface area contributed by atoms with Gasteiger partial charge in [-0.05, 0) is 12.1 Å². The van der Waals surface area contributed by atoms with Gasteiger partial charge in [-0.15, -0.1) is 0 Å². The van der Waals surface area contributed by atoms with Crippen molar-refractivity contribution in [2.75, 3.05) is 0 Å². The van der Waals surface area contributed by atoms with E-state index in [1.807, 2.05) is 16.7 Å². The first-order valence-electron chi connectivity index (χ1n) is 5.40. The molecule has 3 rings (SSSR count). The predicted molar refractivity (Wildman–Crippen MR) is 67.9 cm³/mol. The Morgan fingerprint density at radius 1 is 1.44 bits per heavy atom. The third-order valence-corrected chi connectivity index (χ3v) is 3.07. The van der Waals surface area contributed by atoms with Crippen LogP contribution in [-0.2, 0) is 6.54 Å². The first kappa shape index (κ1) is 11.0. The summed E-state index contributed by atoms with van der Waals surface area (Å²) in [6.07, 6.45) is 5.88. The van der Waals surface area contributed by atoms with Gasteiger partial charge in [0.05, 0.1) is 18.3 Å². The molecule has 0 aliphatic carbocycles. The second-order valence-corrected chi connectivity index (χ2v) is 4.46. The standard InChI is InChI=1S/C13H9ClN2O2/c14-11-1-2-12-10(7-17)6-16(13(12)3-11)5-9-4-15-18-8-9/h1-4,6-8H,5H2. The topological polar surface area (TPSA) is 48.0 Å². The Morgan fingerprint density at radius 2 is 2.33 bits per heavy atom. The van der Waals surface area contributed by atoms with Gasteiger partial charge in [-0.1, -0.05) is 22.8 Å². The number of hydrogen-bond donors (Lipinski definition) is 0. The van der Waals surface area contributed by atoms with E-state index in [2.05, 4.69) is 5.16 Å². The Morgan fingerprint density at radius 3 is 3.06 bits per heavy atom. The molecule has 4 nitrogen and oxygen atoms in total. The molecule has 1 aromatic carbocycles. The van der Waals surface area contributed by atoms with Crippen LogP contribution >= 0.6 is 11.6 Å². The van der Waals surface area contributed by atoms with Crippen molar-refractivity contribution >= 4 is 28.8 Å². The van der Waals surface area contributed by atoms with Gasteiger partial charge in [0.15, 0.2) is 6.29 Å². The molecule has 0 bridgehead atoms. The maximum Gasteiger partial charge on any atom is 0.152 e. The Hall–Kier alpha value is -2.07. The fraction of sp³-hybridized carbons (Fsp3) is 0.0769. The summed E-state index contributed by atoms with van der Waals surface area (Å²) in [5, 5.41) is 5.20. The summed E-state index contributed by atoms with van der Waals surface area (Å²) >= 11 is 5.99. The number of halogens is 1. The van der Waals surface area contributed by atoms with E-state index in [1.54, 1.807) is 24.7 Å². The summed E-state index contributed by atoms with van der Waals surface area (Å²) in [5.74, 6) is 0. The van der Waals surface area contributed by atoms with Crippen LogP contribution in [-0.4, -0.2) is 16.0 Å². The van der Waals surface area contributed by atoms with Gasteiger partial charge in [-0.3, -0.25) is 4.79 Å². The molecule has 5 heteroatoms. The van der Waals surface area contributed by atoms with Crippen molar-refractivity contribution in [3.05, 3.63) is 53.0 Å². The third kappa shape index (κ3) is 1.80. The van der Waals surface area contributed by atoms with Gasteiger partial charge in [-0.25, -0.2) is 0 Å². The molecular formula is C13H9ClN2O2. The van der Waals surface area contributed by atoms with Crippen LogP contribution in [0.25, 0.3) is 10.9 Å². The number of nitrogens with zero attached hydrogens (tertiary/aromatic N) is 2. The molecule has 3 aromatic rings. The first-order valence-corrected chi connectivity index (χ1v) is 5.77. The average molecular weight is 261 g/mol. The van der Waals surface area contributed by atoms with Crippen LogP contribution in [0.3, 0.4) is 0 Å². The summed E-state index contributed by atoms with van der Waals surface area (Å²) in [6, 6.07) is 5.48. The number of rotatable bonds is 3. The number of hydrogen-bond acceptors (Lipinski definition) is 3. The minimum atomic E-state index is 0.591. The molecule has 0 aliphatic heterocycles. The molecular weight excluding hydrogens is 252 g/mol. The second-order valence-electron chi connectivity index (χ2n) is 4.02. The Balaban J connectivity index is 2.16. The molecule has 18 heavy (non-hydrogen) atoms. The van der Waals surface area contributed by atoms with E-state index < -0.39 is 0 Å². The summed E-state index contributed by atoms with van der Waals surface area (Å²) in [7, 11) is 0. The minimum absolute atomic E-state index is 0.591. The van der Waals surface area contributed by atoms with Crippen LogP contribution in [0.4, 0.5) is 0 Å². The quantitative estimate of drug-likeness (QED) is 0.680. The zero-order valence-corrected chi connectivity index (χ0v) is 10.1. The lowest BCUT2D eigenvalue weighted by Gasteiger charge is -2.02. The zero-order valence-electron chi connectivity index (χ0n) is 9.34. The van der Waals surface area contributed by atoms with Crippen LogP contribution in [0.5, 0.6) is 0 Å². The summed E-state index contributed by atoms with van der Waals surface area (Å²) in [5.41, 5.74) is 2.51. The number of aldehydes is 1. The lowest BCUT2D eigenvalue weighted by atomic mass is 10.2. The number of aromatic nitrogens is 2. The van der Waals surface area contributed by atoms with E-state index in [0.29, 0.717) is 17.1 Å². The van der Waals surface area contributed by atoms with Crippen molar-refractivity contribution in [3.63, 3.8) is 0 Å². The highest BCUT2D eigenvalue weighted by Gasteiger charge is 2.09. The van der Waals surface area contributed by atoms with Gasteiger partial charge in [0.25, 0.3) is 0 Å². The molecule has 0 unspecified atom stereocenters. The summed E-state index contributed by atoms with van der Waals surface area (Å²) in [6.45, 7) is 0.591. The second kappa shape index (κ2) is 4.31. The van der Waals surface area contributed by atoms with Crippen LogP contribution in [0.15, 0.2) is 41.4 Å². The normalized spacial score (nSPS) is 10.9. The predicted octanol–water partition coefficient (Wildman–Crippen LogP) is 3.14. The largest absolute Gasteiger partial charge is 0.364 e. The monoisotopic (exact) mass is 260 g/mol. The Bertz CT molecular complexity index is 701. The molecule has 2 heterocycles. The SMILES string of the molecule is O=Cc1cn(Cc2cnoc2)c2cc(Cl)ccc12. The molecule has 0 spiro atoms. The van der Waals surface area contributed by atoms with Crippen molar-refractivity contribution in [2.24, 2.45) is 0 Å². The highest BCUT2D eigenvalue weighted by Crippen LogP contribution is 2.24. The summed E-state index contributed by atoms with van der Waals surface area (Å²) < 4.78 is 6.75. The van der Waals surface area contributed by atoms with E-state index in [1.165, 1.54) is 0 Å². The molecule has 0 atom stereocenters. The molecule has 0 N–H and O–H groups in total. The Labute approximate surface area is 108 Å². The van der Waals surface area contributed by atoms with Gasteiger partial charge in [0.2, 0.25) is 0 Å². The molecule has 0 radical (unpaired) electrons. The zero-order chi connectivity index (χ0) is 12.5. The van der Waals surface area contributed by atoms with Crippen molar-refractivity contribution in [1.82, 2.24) is 9.72 Å². The van der Waals surface area contributed by atoms with Crippen LogP contribution in [0.2, 0.25) is 5.02 Å². The molecule has 0 amide bonds. The van der Waals surface area contributed by atoms with Gasteiger partial charge in [0.1, 0.15) is 6.26 Å². The van der Waals surface area contributed by atoms with Gasteiger partial charge >= 0.3 is 0 Å². The van der Waals surface area contributed by atoms with Gasteiger partial charge in [0, 0.05) is 27.7 Å². The fourth-order valence-electron chi connectivity index (χ4n) is 2.02. The van der Waals surface area contributed by atoms with E-state index in [-0.39, 0.29) is 0 Å². The molecule has 2 aromatic heterocycles. The minimum Gasteiger partial charge on any atom is -0.364 e. The number of carbonyl (C=O) groups excluding carboxylic acids is 1. The maximum absolute atomic E-state index is 11.0. The van der Waals surface area contributed by atoms with Crippen molar-refractivity contribution in [1.29, 1.82) is 0 Å². The first-order chi connectivity index (χ1) is 8.78. The molecule has 0 saturated carbocycles. The number of benzene rings is 1. The number of carbonyl (C=O) groups is 1. The third-order valence-electron chi connectivity index (χ3n) is 2.84. The van der Waals surface area contributed by atoms with E-state index in [4.69, 9.17) is 16.1 Å². The molecule has 90 valence electrons. The van der Waals surface area contributed by atoms with Crippen LogP contribution in [0.1, 0.15) is 15.9 Å².